The Balaban J connectivity index is 1.86. The van der Waals surface area contributed by atoms with Gasteiger partial charge in [0.15, 0.2) is 5.84 Å². The van der Waals surface area contributed by atoms with Crippen molar-refractivity contribution in [2.75, 3.05) is 11.5 Å². The highest BCUT2D eigenvalue weighted by molar-refractivity contribution is 9.10. The van der Waals surface area contributed by atoms with Crippen LogP contribution in [0.5, 0.6) is 5.75 Å². The summed E-state index contributed by atoms with van der Waals surface area (Å²) >= 11 is 3.51. The average molecular weight is 390 g/mol. The number of hydrogen-bond donors (Lipinski definition) is 1. The molecular formula is C17H13BrFN3O2. The van der Waals surface area contributed by atoms with Gasteiger partial charge in [0.2, 0.25) is 0 Å². The van der Waals surface area contributed by atoms with Gasteiger partial charge in [-0.15, -0.1) is 0 Å². The zero-order valence-electron chi connectivity index (χ0n) is 12.7. The number of carbonyl (C=O) groups is 1. The van der Waals surface area contributed by atoms with Crippen molar-refractivity contribution in [1.29, 1.82) is 0 Å². The molecule has 1 amide bonds. The molecule has 1 unspecified atom stereocenters. The van der Waals surface area contributed by atoms with Crippen LogP contribution >= 0.6 is 15.9 Å². The van der Waals surface area contributed by atoms with E-state index in [1.54, 1.807) is 31.2 Å². The Morgan fingerprint density at radius 2 is 2.12 bits per heavy atom. The molecule has 0 fully saturated rings. The van der Waals surface area contributed by atoms with Gasteiger partial charge in [-0.05, 0) is 25.1 Å². The van der Waals surface area contributed by atoms with Crippen LogP contribution < -0.4 is 15.1 Å². The molecule has 0 radical (unpaired) electrons. The van der Waals surface area contributed by atoms with Crippen LogP contribution in [0.2, 0.25) is 0 Å². The zero-order valence-corrected chi connectivity index (χ0v) is 14.3. The lowest BCUT2D eigenvalue weighted by Gasteiger charge is -2.38. The van der Waals surface area contributed by atoms with Gasteiger partial charge in [-0.3, -0.25) is 4.79 Å². The highest BCUT2D eigenvalue weighted by Gasteiger charge is 2.35. The first-order valence-electron chi connectivity index (χ1n) is 7.43. The minimum atomic E-state index is -0.397. The van der Waals surface area contributed by atoms with E-state index in [4.69, 9.17) is 4.74 Å². The van der Waals surface area contributed by atoms with Crippen molar-refractivity contribution in [1.82, 2.24) is 5.43 Å². The summed E-state index contributed by atoms with van der Waals surface area (Å²) in [7, 11) is 0. The van der Waals surface area contributed by atoms with Gasteiger partial charge in [-0.1, -0.05) is 34.1 Å². The SMILES string of the molecule is CC1C(=O)NN=C2COc3cc(-c4ccccc4F)c(Br)cc3N21. The topological polar surface area (TPSA) is 53.9 Å². The summed E-state index contributed by atoms with van der Waals surface area (Å²) in [5.74, 6) is 0.750. The third-order valence-corrected chi connectivity index (χ3v) is 4.83. The molecule has 24 heavy (non-hydrogen) atoms. The lowest BCUT2D eigenvalue weighted by molar-refractivity contribution is -0.122. The van der Waals surface area contributed by atoms with Crippen molar-refractivity contribution >= 4 is 33.4 Å². The van der Waals surface area contributed by atoms with Crippen LogP contribution in [0.4, 0.5) is 10.1 Å². The minimum Gasteiger partial charge on any atom is -0.483 e. The van der Waals surface area contributed by atoms with Crippen molar-refractivity contribution in [3.05, 3.63) is 46.7 Å². The van der Waals surface area contributed by atoms with E-state index in [0.717, 1.165) is 10.2 Å². The molecule has 2 aromatic rings. The summed E-state index contributed by atoms with van der Waals surface area (Å²) in [4.78, 5) is 13.8. The highest BCUT2D eigenvalue weighted by Crippen LogP contribution is 2.42. The minimum absolute atomic E-state index is 0.180. The second-order valence-electron chi connectivity index (χ2n) is 5.62. The molecule has 1 N–H and O–H groups in total. The number of anilines is 1. The van der Waals surface area contributed by atoms with E-state index in [1.807, 2.05) is 11.0 Å². The molecule has 1 atom stereocenters. The largest absolute Gasteiger partial charge is 0.483 e. The third-order valence-electron chi connectivity index (χ3n) is 4.17. The van der Waals surface area contributed by atoms with Crippen LogP contribution in [0.15, 0.2) is 46.0 Å². The summed E-state index contributed by atoms with van der Waals surface area (Å²) in [5, 5.41) is 4.05. The van der Waals surface area contributed by atoms with E-state index in [1.165, 1.54) is 6.07 Å². The van der Waals surface area contributed by atoms with Crippen molar-refractivity contribution in [3.63, 3.8) is 0 Å². The van der Waals surface area contributed by atoms with Crippen molar-refractivity contribution in [2.45, 2.75) is 13.0 Å². The van der Waals surface area contributed by atoms with Gasteiger partial charge in [-0.25, -0.2) is 9.82 Å². The molecule has 0 saturated carbocycles. The number of hydrazone groups is 1. The number of rotatable bonds is 1. The number of amides is 1. The summed E-state index contributed by atoms with van der Waals surface area (Å²) in [6.07, 6.45) is 0. The van der Waals surface area contributed by atoms with Crippen LogP contribution in [0, 0.1) is 5.82 Å². The number of ether oxygens (including phenoxy) is 1. The summed E-state index contributed by atoms with van der Waals surface area (Å²) in [6, 6.07) is 9.80. The maximum atomic E-state index is 14.1. The highest BCUT2D eigenvalue weighted by atomic mass is 79.9. The Labute approximate surface area is 146 Å². The predicted molar refractivity (Wildman–Crippen MR) is 92.5 cm³/mol. The van der Waals surface area contributed by atoms with Gasteiger partial charge >= 0.3 is 0 Å². The molecule has 0 aromatic heterocycles. The number of fused-ring (bicyclic) bond motifs is 3. The predicted octanol–water partition coefficient (Wildman–Crippen LogP) is 3.29. The number of halogens is 2. The second kappa shape index (κ2) is 5.59. The maximum Gasteiger partial charge on any atom is 0.262 e. The fourth-order valence-corrected chi connectivity index (χ4v) is 3.48. The fourth-order valence-electron chi connectivity index (χ4n) is 2.93. The molecule has 2 aliphatic rings. The van der Waals surface area contributed by atoms with Crippen molar-refractivity contribution in [2.24, 2.45) is 5.10 Å². The van der Waals surface area contributed by atoms with Crippen LogP contribution in [-0.4, -0.2) is 24.4 Å². The number of benzene rings is 2. The average Bonchev–Trinajstić information content (AvgIpc) is 2.58. The molecule has 7 heteroatoms. The number of nitrogens with one attached hydrogen (secondary N) is 1. The molecule has 5 nitrogen and oxygen atoms in total. The van der Waals surface area contributed by atoms with Crippen LogP contribution in [0.3, 0.4) is 0 Å². The molecule has 2 heterocycles. The van der Waals surface area contributed by atoms with Crippen LogP contribution in [-0.2, 0) is 4.79 Å². The summed E-state index contributed by atoms with van der Waals surface area (Å²) in [6.45, 7) is 2.05. The molecule has 2 aliphatic heterocycles. The monoisotopic (exact) mass is 389 g/mol. The molecule has 4 rings (SSSR count). The molecule has 2 aromatic carbocycles. The van der Waals surface area contributed by atoms with Gasteiger partial charge in [0.25, 0.3) is 5.91 Å². The molecule has 0 aliphatic carbocycles. The Kier molecular flexibility index (Phi) is 3.53. The van der Waals surface area contributed by atoms with Crippen molar-refractivity contribution < 1.29 is 13.9 Å². The first-order valence-corrected chi connectivity index (χ1v) is 8.22. The summed E-state index contributed by atoms with van der Waals surface area (Å²) < 4.78 is 20.6. The second-order valence-corrected chi connectivity index (χ2v) is 6.47. The van der Waals surface area contributed by atoms with E-state index in [-0.39, 0.29) is 18.3 Å². The van der Waals surface area contributed by atoms with Crippen LogP contribution in [0.25, 0.3) is 11.1 Å². The first-order chi connectivity index (χ1) is 11.6. The zero-order chi connectivity index (χ0) is 16.8. The van der Waals surface area contributed by atoms with Gasteiger partial charge in [-0.2, -0.15) is 5.10 Å². The number of nitrogens with zero attached hydrogens (tertiary/aromatic N) is 2. The third kappa shape index (κ3) is 2.27. The Bertz CT molecular complexity index is 884. The molecular weight excluding hydrogens is 377 g/mol. The Morgan fingerprint density at radius 3 is 2.92 bits per heavy atom. The lowest BCUT2D eigenvalue weighted by atomic mass is 10.0. The van der Waals surface area contributed by atoms with Gasteiger partial charge in [0, 0.05) is 15.6 Å². The quantitative estimate of drug-likeness (QED) is 0.813. The van der Waals surface area contributed by atoms with E-state index in [0.29, 0.717) is 22.7 Å². The van der Waals surface area contributed by atoms with E-state index < -0.39 is 6.04 Å². The standard InChI is InChI=1S/C17H13BrFN3O2/c1-9-17(23)21-20-16-8-24-15-6-11(10-4-2-3-5-13(10)19)12(18)7-14(15)22(9)16/h2-7,9H,8H2,1H3,(H,21,23). The molecule has 0 saturated heterocycles. The molecule has 0 spiro atoms. The maximum absolute atomic E-state index is 14.1. The Hall–Kier alpha value is -2.41. The summed E-state index contributed by atoms with van der Waals surface area (Å²) in [5.41, 5.74) is 4.40. The van der Waals surface area contributed by atoms with Gasteiger partial charge < -0.3 is 9.64 Å². The normalized spacial score (nSPS) is 19.0. The number of carbonyl (C=O) groups excluding carboxylic acids is 1. The van der Waals surface area contributed by atoms with Crippen molar-refractivity contribution in [3.8, 4) is 16.9 Å². The van der Waals surface area contributed by atoms with E-state index in [2.05, 4.69) is 26.5 Å². The van der Waals surface area contributed by atoms with E-state index >= 15 is 0 Å². The first kappa shape index (κ1) is 15.1. The van der Waals surface area contributed by atoms with Gasteiger partial charge in [0.05, 0.1) is 5.69 Å². The smallest absolute Gasteiger partial charge is 0.262 e. The molecule has 0 bridgehead atoms. The van der Waals surface area contributed by atoms with Crippen LogP contribution in [0.1, 0.15) is 6.92 Å². The molecule has 122 valence electrons. The number of hydrogen-bond acceptors (Lipinski definition) is 4. The number of amidine groups is 1. The lowest BCUT2D eigenvalue weighted by Crippen LogP contribution is -2.55. The van der Waals surface area contributed by atoms with E-state index in [9.17, 15) is 9.18 Å². The Morgan fingerprint density at radius 1 is 1.33 bits per heavy atom. The van der Waals surface area contributed by atoms with Gasteiger partial charge in [0.1, 0.15) is 24.2 Å². The fraction of sp³-hybridized carbons (Fsp3) is 0.176.